The second-order valence-corrected chi connectivity index (χ2v) is 6.05. The Balaban J connectivity index is 2.36. The highest BCUT2D eigenvalue weighted by molar-refractivity contribution is 9.10. The minimum atomic E-state index is -0.877. The van der Waals surface area contributed by atoms with Crippen LogP contribution in [0.4, 0.5) is 14.5 Å². The smallest absolute Gasteiger partial charge is 0.350 e. The van der Waals surface area contributed by atoms with Crippen molar-refractivity contribution in [3.05, 3.63) is 49.6 Å². The van der Waals surface area contributed by atoms with Crippen LogP contribution >= 0.6 is 27.3 Å². The average Bonchev–Trinajstić information content (AvgIpc) is 2.83. The summed E-state index contributed by atoms with van der Waals surface area (Å²) in [6, 6.07) is 1.65. The molecule has 1 heterocycles. The molecular weight excluding hydrogens is 380 g/mol. The number of halogens is 3. The molecule has 0 saturated carbocycles. The second kappa shape index (κ2) is 6.53. The molecule has 0 aliphatic heterocycles. The number of carbonyl (C=O) groups is 2. The maximum absolute atomic E-state index is 13.8. The number of rotatable bonds is 3. The van der Waals surface area contributed by atoms with Crippen molar-refractivity contribution >= 4 is 44.8 Å². The van der Waals surface area contributed by atoms with Gasteiger partial charge in [0.25, 0.3) is 5.91 Å². The van der Waals surface area contributed by atoms with E-state index in [1.165, 1.54) is 7.11 Å². The second-order valence-electron chi connectivity index (χ2n) is 4.31. The molecule has 0 saturated heterocycles. The topological polar surface area (TPSA) is 55.4 Å². The van der Waals surface area contributed by atoms with Gasteiger partial charge in [0.15, 0.2) is 0 Å². The molecular formula is C14H10BrF2NO3S. The summed E-state index contributed by atoms with van der Waals surface area (Å²) in [5.74, 6) is -3.11. The maximum Gasteiger partial charge on any atom is 0.350 e. The molecule has 0 spiro atoms. The van der Waals surface area contributed by atoms with E-state index >= 15 is 0 Å². The highest BCUT2D eigenvalue weighted by Crippen LogP contribution is 2.29. The number of methoxy groups -OCH3 is 1. The minimum Gasteiger partial charge on any atom is -0.465 e. The molecule has 22 heavy (non-hydrogen) atoms. The Kier molecular flexibility index (Phi) is 4.92. The molecule has 0 aliphatic carbocycles. The SMILES string of the molecule is COC(=O)c1scc(C)c1NC(=O)c1cc(F)c(Br)cc1F. The summed E-state index contributed by atoms with van der Waals surface area (Å²) in [4.78, 5) is 23.9. The first-order chi connectivity index (χ1) is 10.3. The summed E-state index contributed by atoms with van der Waals surface area (Å²) in [6.45, 7) is 1.68. The molecule has 0 atom stereocenters. The van der Waals surface area contributed by atoms with E-state index in [2.05, 4.69) is 26.0 Å². The Hall–Kier alpha value is -1.80. The molecule has 1 N–H and O–H groups in total. The third-order valence-electron chi connectivity index (χ3n) is 2.84. The van der Waals surface area contributed by atoms with Gasteiger partial charge >= 0.3 is 5.97 Å². The first-order valence-corrected chi connectivity index (χ1v) is 7.64. The third kappa shape index (κ3) is 3.17. The van der Waals surface area contributed by atoms with Crippen molar-refractivity contribution in [3.63, 3.8) is 0 Å². The van der Waals surface area contributed by atoms with Crippen LogP contribution in [0.5, 0.6) is 0 Å². The van der Waals surface area contributed by atoms with Gasteiger partial charge in [0.1, 0.15) is 16.5 Å². The number of ether oxygens (including phenoxy) is 1. The van der Waals surface area contributed by atoms with Crippen molar-refractivity contribution in [2.45, 2.75) is 6.92 Å². The standard InChI is InChI=1S/C14H10BrF2NO3S/c1-6-5-22-12(14(20)21-2)11(6)18-13(19)7-3-10(17)8(15)4-9(7)16/h3-5H,1-2H3,(H,18,19). The quantitative estimate of drug-likeness (QED) is 0.633. The lowest BCUT2D eigenvalue weighted by Gasteiger charge is -2.08. The lowest BCUT2D eigenvalue weighted by atomic mass is 10.1. The van der Waals surface area contributed by atoms with Gasteiger partial charge in [0, 0.05) is 0 Å². The van der Waals surface area contributed by atoms with Crippen LogP contribution in [-0.4, -0.2) is 19.0 Å². The van der Waals surface area contributed by atoms with Crippen molar-refractivity contribution in [1.29, 1.82) is 0 Å². The van der Waals surface area contributed by atoms with Crippen LogP contribution < -0.4 is 5.32 Å². The van der Waals surface area contributed by atoms with Crippen LogP contribution in [0.3, 0.4) is 0 Å². The van der Waals surface area contributed by atoms with E-state index in [4.69, 9.17) is 0 Å². The summed E-state index contributed by atoms with van der Waals surface area (Å²) in [5.41, 5.74) is 0.392. The normalized spacial score (nSPS) is 10.4. The van der Waals surface area contributed by atoms with Crippen molar-refractivity contribution in [2.24, 2.45) is 0 Å². The monoisotopic (exact) mass is 389 g/mol. The van der Waals surface area contributed by atoms with Crippen LogP contribution in [0.2, 0.25) is 0 Å². The van der Waals surface area contributed by atoms with Gasteiger partial charge in [-0.2, -0.15) is 0 Å². The van der Waals surface area contributed by atoms with Crippen molar-refractivity contribution in [2.75, 3.05) is 12.4 Å². The molecule has 4 nitrogen and oxygen atoms in total. The van der Waals surface area contributed by atoms with Crippen LogP contribution in [-0.2, 0) is 4.74 Å². The number of benzene rings is 1. The minimum absolute atomic E-state index is 0.0801. The number of carbonyl (C=O) groups excluding carboxylic acids is 2. The summed E-state index contributed by atoms with van der Waals surface area (Å²) in [5, 5.41) is 4.08. The summed E-state index contributed by atoms with van der Waals surface area (Å²) >= 11 is 3.93. The summed E-state index contributed by atoms with van der Waals surface area (Å²) < 4.78 is 31.8. The number of thiophene rings is 1. The van der Waals surface area contributed by atoms with Crippen LogP contribution in [0.15, 0.2) is 22.0 Å². The maximum atomic E-state index is 13.8. The van der Waals surface area contributed by atoms with Crippen LogP contribution in [0.1, 0.15) is 25.6 Å². The van der Waals surface area contributed by atoms with E-state index in [0.717, 1.165) is 23.5 Å². The molecule has 1 aromatic heterocycles. The van der Waals surface area contributed by atoms with Gasteiger partial charge in [-0.05, 0) is 45.9 Å². The largest absolute Gasteiger partial charge is 0.465 e. The Bertz CT molecular complexity index is 761. The molecule has 8 heteroatoms. The molecule has 0 radical (unpaired) electrons. The molecule has 0 fully saturated rings. The van der Waals surface area contributed by atoms with E-state index in [9.17, 15) is 18.4 Å². The van der Waals surface area contributed by atoms with Crippen molar-refractivity contribution in [3.8, 4) is 0 Å². The highest BCUT2D eigenvalue weighted by Gasteiger charge is 2.21. The van der Waals surface area contributed by atoms with E-state index in [1.54, 1.807) is 12.3 Å². The lowest BCUT2D eigenvalue weighted by Crippen LogP contribution is -2.16. The van der Waals surface area contributed by atoms with Gasteiger partial charge in [-0.15, -0.1) is 11.3 Å². The first kappa shape index (κ1) is 16.6. The number of aryl methyl sites for hydroxylation is 1. The van der Waals surface area contributed by atoms with Gasteiger partial charge in [-0.25, -0.2) is 13.6 Å². The lowest BCUT2D eigenvalue weighted by molar-refractivity contribution is 0.0607. The van der Waals surface area contributed by atoms with Gasteiger partial charge in [-0.1, -0.05) is 0 Å². The third-order valence-corrected chi connectivity index (χ3v) is 4.52. The van der Waals surface area contributed by atoms with Crippen LogP contribution in [0.25, 0.3) is 0 Å². The fraction of sp³-hybridized carbons (Fsp3) is 0.143. The van der Waals surface area contributed by atoms with E-state index < -0.39 is 29.1 Å². The van der Waals surface area contributed by atoms with Gasteiger partial charge < -0.3 is 10.1 Å². The number of nitrogens with one attached hydrogen (secondary N) is 1. The highest BCUT2D eigenvalue weighted by atomic mass is 79.9. The Morgan fingerprint density at radius 3 is 2.59 bits per heavy atom. The van der Waals surface area contributed by atoms with Gasteiger partial charge in [-0.3, -0.25) is 4.79 Å². The number of amides is 1. The fourth-order valence-corrected chi connectivity index (χ4v) is 2.96. The van der Waals surface area contributed by atoms with Crippen molar-refractivity contribution < 1.29 is 23.1 Å². The van der Waals surface area contributed by atoms with Gasteiger partial charge in [0.2, 0.25) is 0 Å². The number of hydrogen-bond acceptors (Lipinski definition) is 4. The predicted octanol–water partition coefficient (Wildman–Crippen LogP) is 4.14. The Labute approximate surface area is 137 Å². The molecule has 1 amide bonds. The zero-order valence-corrected chi connectivity index (χ0v) is 13.9. The van der Waals surface area contributed by atoms with Crippen LogP contribution in [0, 0.1) is 18.6 Å². The Morgan fingerprint density at radius 1 is 1.27 bits per heavy atom. The molecule has 116 valence electrons. The molecule has 2 rings (SSSR count). The van der Waals surface area contributed by atoms with Crippen molar-refractivity contribution in [1.82, 2.24) is 0 Å². The molecule has 0 aliphatic rings. The average molecular weight is 390 g/mol. The number of hydrogen-bond donors (Lipinski definition) is 1. The molecule has 0 unspecified atom stereocenters. The zero-order chi connectivity index (χ0) is 16.4. The zero-order valence-electron chi connectivity index (χ0n) is 11.5. The first-order valence-electron chi connectivity index (χ1n) is 5.97. The Morgan fingerprint density at radius 2 is 1.95 bits per heavy atom. The summed E-state index contributed by atoms with van der Waals surface area (Å²) in [7, 11) is 1.22. The molecule has 2 aromatic rings. The molecule has 1 aromatic carbocycles. The predicted molar refractivity (Wildman–Crippen MR) is 82.4 cm³/mol. The number of anilines is 1. The van der Waals surface area contributed by atoms with E-state index in [0.29, 0.717) is 5.56 Å². The van der Waals surface area contributed by atoms with E-state index in [-0.39, 0.29) is 15.0 Å². The molecule has 0 bridgehead atoms. The number of esters is 1. The fourth-order valence-electron chi connectivity index (χ4n) is 1.72. The summed E-state index contributed by atoms with van der Waals surface area (Å²) in [6.07, 6.45) is 0. The van der Waals surface area contributed by atoms with E-state index in [1.807, 2.05) is 0 Å². The van der Waals surface area contributed by atoms with Gasteiger partial charge in [0.05, 0.1) is 22.8 Å².